The Kier molecular flexibility index (Phi) is 5.38. The summed E-state index contributed by atoms with van der Waals surface area (Å²) in [7, 11) is 0. The van der Waals surface area contributed by atoms with Crippen molar-refractivity contribution in [2.45, 2.75) is 38.2 Å². The number of aliphatic hydroxyl groups excluding tert-OH is 1. The fourth-order valence-electron chi connectivity index (χ4n) is 2.62. The monoisotopic (exact) mass is 305 g/mol. The quantitative estimate of drug-likeness (QED) is 0.399. The van der Waals surface area contributed by atoms with E-state index in [4.69, 9.17) is 15.0 Å². The number of hydrogen-bond acceptors (Lipinski definition) is 5. The van der Waals surface area contributed by atoms with Crippen molar-refractivity contribution in [3.8, 4) is 0 Å². The molecule has 1 heterocycles. The predicted molar refractivity (Wildman–Crippen MR) is 79.2 cm³/mol. The molecule has 118 valence electrons. The van der Waals surface area contributed by atoms with Gasteiger partial charge >= 0.3 is 5.97 Å². The molecule has 1 aliphatic heterocycles. The van der Waals surface area contributed by atoms with Gasteiger partial charge in [-0.05, 0) is 30.5 Å². The second-order valence-corrected chi connectivity index (χ2v) is 5.39. The minimum atomic E-state index is -0.865. The Balaban J connectivity index is 1.96. The van der Waals surface area contributed by atoms with Gasteiger partial charge in [0.2, 0.25) is 0 Å². The second-order valence-electron chi connectivity index (χ2n) is 5.39. The zero-order valence-electron chi connectivity index (χ0n) is 12.5. The summed E-state index contributed by atoms with van der Waals surface area (Å²) in [6.45, 7) is 3.51. The zero-order chi connectivity index (χ0) is 16.1. The first-order valence-corrected chi connectivity index (χ1v) is 7.14. The van der Waals surface area contributed by atoms with E-state index in [0.29, 0.717) is 5.56 Å². The summed E-state index contributed by atoms with van der Waals surface area (Å²) in [6.07, 6.45) is -1.85. The Bertz CT molecular complexity index is 559. The number of hydrogen-bond donors (Lipinski definition) is 1. The van der Waals surface area contributed by atoms with Crippen molar-refractivity contribution in [1.29, 1.82) is 0 Å². The van der Waals surface area contributed by atoms with Crippen LogP contribution < -0.4 is 0 Å². The van der Waals surface area contributed by atoms with Crippen molar-refractivity contribution >= 4 is 5.97 Å². The summed E-state index contributed by atoms with van der Waals surface area (Å²) in [5.74, 6) is -0.742. The normalized spacial score (nSPS) is 31.1. The summed E-state index contributed by atoms with van der Waals surface area (Å²) in [5, 5.41) is 13.9. The van der Waals surface area contributed by atoms with Gasteiger partial charge in [0.05, 0.1) is 23.8 Å². The molecule has 0 aliphatic carbocycles. The third kappa shape index (κ3) is 3.57. The lowest BCUT2D eigenvalue weighted by atomic mass is 9.87. The predicted octanol–water partition coefficient (Wildman–Crippen LogP) is 2.31. The van der Waals surface area contributed by atoms with Crippen molar-refractivity contribution in [1.82, 2.24) is 0 Å². The molecule has 1 N–H and O–H groups in total. The highest BCUT2D eigenvalue weighted by molar-refractivity contribution is 5.89. The van der Waals surface area contributed by atoms with Crippen LogP contribution in [0.1, 0.15) is 24.2 Å². The Morgan fingerprint density at radius 3 is 2.73 bits per heavy atom. The fraction of sp³-hybridized carbons (Fsp3) is 0.533. The first-order chi connectivity index (χ1) is 10.5. The standard InChI is InChI=1S/C15H19N3O4/c1-9-13(17-18-16)10(2)22-12(14(9)19)8-21-15(20)11-6-4-3-5-7-11/h3-7,9-10,12-14,19H,8H2,1-2H3/t9-,10+,12?,13?,14+/m1/s1. The van der Waals surface area contributed by atoms with E-state index in [1.807, 2.05) is 6.07 Å². The second kappa shape index (κ2) is 7.26. The molecule has 0 aromatic heterocycles. The molecule has 2 unspecified atom stereocenters. The molecule has 7 heteroatoms. The highest BCUT2D eigenvalue weighted by atomic mass is 16.6. The van der Waals surface area contributed by atoms with Crippen LogP contribution in [-0.2, 0) is 9.47 Å². The Morgan fingerprint density at radius 1 is 1.41 bits per heavy atom. The molecule has 1 fully saturated rings. The third-order valence-corrected chi connectivity index (χ3v) is 3.90. The maximum absolute atomic E-state index is 11.9. The molecule has 1 aliphatic rings. The van der Waals surface area contributed by atoms with Crippen LogP contribution in [-0.4, -0.2) is 42.0 Å². The number of rotatable bonds is 4. The van der Waals surface area contributed by atoms with Crippen molar-refractivity contribution in [3.05, 3.63) is 46.3 Å². The van der Waals surface area contributed by atoms with Gasteiger partial charge in [0, 0.05) is 4.91 Å². The van der Waals surface area contributed by atoms with Gasteiger partial charge in [-0.3, -0.25) is 0 Å². The Morgan fingerprint density at radius 2 is 2.09 bits per heavy atom. The SMILES string of the molecule is C[C@@H]1OC(COC(=O)c2ccccc2)[C@@H](O)[C@H](C)C1N=[N+]=[N-]. The first-order valence-electron chi connectivity index (χ1n) is 7.14. The Hall–Kier alpha value is -2.08. The number of carbonyl (C=O) groups is 1. The maximum atomic E-state index is 11.9. The van der Waals surface area contributed by atoms with E-state index in [1.165, 1.54) is 0 Å². The van der Waals surface area contributed by atoms with Crippen molar-refractivity contribution in [3.63, 3.8) is 0 Å². The van der Waals surface area contributed by atoms with Crippen molar-refractivity contribution in [2.75, 3.05) is 6.61 Å². The summed E-state index contributed by atoms with van der Waals surface area (Å²) >= 11 is 0. The summed E-state index contributed by atoms with van der Waals surface area (Å²) < 4.78 is 10.8. The van der Waals surface area contributed by atoms with Crippen molar-refractivity contribution in [2.24, 2.45) is 11.0 Å². The van der Waals surface area contributed by atoms with Gasteiger partial charge in [-0.15, -0.1) is 0 Å². The van der Waals surface area contributed by atoms with Crippen LogP contribution in [0.25, 0.3) is 10.4 Å². The van der Waals surface area contributed by atoms with E-state index in [1.54, 1.807) is 38.1 Å². The molecule has 0 spiro atoms. The topological polar surface area (TPSA) is 105 Å². The fourth-order valence-corrected chi connectivity index (χ4v) is 2.62. The van der Waals surface area contributed by atoms with Crippen LogP contribution in [0.15, 0.2) is 35.4 Å². The number of carbonyl (C=O) groups excluding carboxylic acids is 1. The van der Waals surface area contributed by atoms with Gasteiger partial charge in [-0.1, -0.05) is 30.2 Å². The van der Waals surface area contributed by atoms with E-state index >= 15 is 0 Å². The molecule has 5 atom stereocenters. The number of esters is 1. The van der Waals surface area contributed by atoms with Crippen LogP contribution in [0.5, 0.6) is 0 Å². The molecular weight excluding hydrogens is 286 g/mol. The maximum Gasteiger partial charge on any atom is 0.338 e. The number of benzene rings is 1. The van der Waals surface area contributed by atoms with E-state index in [9.17, 15) is 9.90 Å². The van der Waals surface area contributed by atoms with Crippen LogP contribution in [0.4, 0.5) is 0 Å². The number of nitrogens with zero attached hydrogens (tertiary/aromatic N) is 3. The van der Waals surface area contributed by atoms with Crippen LogP contribution in [0.2, 0.25) is 0 Å². The minimum absolute atomic E-state index is 0.0490. The smallest absolute Gasteiger partial charge is 0.338 e. The van der Waals surface area contributed by atoms with E-state index in [0.717, 1.165) is 0 Å². The summed E-state index contributed by atoms with van der Waals surface area (Å²) in [5.41, 5.74) is 9.01. The van der Waals surface area contributed by atoms with Gasteiger partial charge in [0.1, 0.15) is 12.7 Å². The highest BCUT2D eigenvalue weighted by Gasteiger charge is 2.41. The lowest BCUT2D eigenvalue weighted by Crippen LogP contribution is -2.53. The molecule has 0 saturated carbocycles. The molecule has 0 radical (unpaired) electrons. The molecule has 1 aromatic rings. The molecular formula is C15H19N3O4. The zero-order valence-corrected chi connectivity index (χ0v) is 12.5. The Labute approximate surface area is 128 Å². The number of aliphatic hydroxyl groups is 1. The van der Waals surface area contributed by atoms with Gasteiger partial charge in [-0.2, -0.15) is 0 Å². The molecule has 22 heavy (non-hydrogen) atoms. The largest absolute Gasteiger partial charge is 0.459 e. The average molecular weight is 305 g/mol. The molecule has 0 bridgehead atoms. The molecule has 0 amide bonds. The van der Waals surface area contributed by atoms with E-state index in [-0.39, 0.29) is 18.6 Å². The summed E-state index contributed by atoms with van der Waals surface area (Å²) in [6, 6.07) is 8.17. The van der Waals surface area contributed by atoms with Crippen LogP contribution in [0, 0.1) is 5.92 Å². The highest BCUT2D eigenvalue weighted by Crippen LogP contribution is 2.28. The van der Waals surface area contributed by atoms with Crippen LogP contribution >= 0.6 is 0 Å². The van der Waals surface area contributed by atoms with E-state index < -0.39 is 24.2 Å². The molecule has 1 aromatic carbocycles. The first kappa shape index (κ1) is 16.3. The minimum Gasteiger partial charge on any atom is -0.459 e. The van der Waals surface area contributed by atoms with E-state index in [2.05, 4.69) is 10.0 Å². The third-order valence-electron chi connectivity index (χ3n) is 3.90. The lowest BCUT2D eigenvalue weighted by Gasteiger charge is -2.40. The molecule has 7 nitrogen and oxygen atoms in total. The average Bonchev–Trinajstić information content (AvgIpc) is 2.54. The molecule has 1 saturated heterocycles. The van der Waals surface area contributed by atoms with Gasteiger partial charge in [0.15, 0.2) is 0 Å². The van der Waals surface area contributed by atoms with Gasteiger partial charge < -0.3 is 14.6 Å². The lowest BCUT2D eigenvalue weighted by molar-refractivity contribution is -0.159. The molecule has 2 rings (SSSR count). The number of ether oxygens (including phenoxy) is 2. The van der Waals surface area contributed by atoms with Crippen molar-refractivity contribution < 1.29 is 19.4 Å². The van der Waals surface area contributed by atoms with Gasteiger partial charge in [0.25, 0.3) is 0 Å². The van der Waals surface area contributed by atoms with Gasteiger partial charge in [-0.25, -0.2) is 4.79 Å². The summed E-state index contributed by atoms with van der Waals surface area (Å²) in [4.78, 5) is 14.7. The van der Waals surface area contributed by atoms with Crippen LogP contribution in [0.3, 0.4) is 0 Å². The number of azide groups is 1.